The molecule has 1 fully saturated rings. The van der Waals surface area contributed by atoms with Gasteiger partial charge in [0.2, 0.25) is 5.91 Å². The summed E-state index contributed by atoms with van der Waals surface area (Å²) in [6.07, 6.45) is -2.41. The molecule has 0 heterocycles. The largest absolute Gasteiger partial charge is 0.484 e. The van der Waals surface area contributed by atoms with Crippen LogP contribution in [0.5, 0.6) is 5.75 Å². The summed E-state index contributed by atoms with van der Waals surface area (Å²) in [6.45, 7) is -1.34. The van der Waals surface area contributed by atoms with E-state index in [2.05, 4.69) is 10.6 Å². The van der Waals surface area contributed by atoms with E-state index in [0.717, 1.165) is 18.4 Å². The van der Waals surface area contributed by atoms with Gasteiger partial charge in [-0.05, 0) is 42.7 Å². The van der Waals surface area contributed by atoms with Gasteiger partial charge in [0, 0.05) is 11.7 Å². The first-order chi connectivity index (χ1) is 12.4. The van der Waals surface area contributed by atoms with Crippen molar-refractivity contribution in [3.05, 3.63) is 60.2 Å². The minimum absolute atomic E-state index is 0.117. The normalized spacial score (nSPS) is 15.2. The number of carbonyl (C=O) groups excluding carboxylic acids is 1. The molecule has 1 aliphatic carbocycles. The highest BCUT2D eigenvalue weighted by Crippen LogP contribution is 2.25. The van der Waals surface area contributed by atoms with Crippen LogP contribution in [0.2, 0.25) is 0 Å². The molecule has 0 saturated heterocycles. The zero-order valence-corrected chi connectivity index (χ0v) is 13.9. The Bertz CT molecular complexity index is 729. The Labute approximate surface area is 149 Å². The number of hydrogen-bond donors (Lipinski definition) is 2. The number of benzene rings is 2. The van der Waals surface area contributed by atoms with Gasteiger partial charge in [0.25, 0.3) is 0 Å². The van der Waals surface area contributed by atoms with Crippen LogP contribution < -0.4 is 15.4 Å². The molecule has 2 N–H and O–H groups in total. The van der Waals surface area contributed by atoms with Crippen molar-refractivity contribution in [2.24, 2.45) is 0 Å². The highest BCUT2D eigenvalue weighted by atomic mass is 19.4. The maximum atomic E-state index is 12.6. The van der Waals surface area contributed by atoms with Crippen LogP contribution in [0.25, 0.3) is 0 Å². The second-order valence-corrected chi connectivity index (χ2v) is 6.20. The third-order valence-electron chi connectivity index (χ3n) is 3.89. The lowest BCUT2D eigenvalue weighted by Gasteiger charge is -2.20. The van der Waals surface area contributed by atoms with Gasteiger partial charge in [-0.1, -0.05) is 30.3 Å². The first-order valence-corrected chi connectivity index (χ1v) is 8.32. The van der Waals surface area contributed by atoms with Crippen molar-refractivity contribution in [2.45, 2.75) is 31.1 Å². The zero-order chi connectivity index (χ0) is 18.6. The maximum Gasteiger partial charge on any atom is 0.422 e. The average molecular weight is 364 g/mol. The van der Waals surface area contributed by atoms with E-state index in [-0.39, 0.29) is 17.7 Å². The summed E-state index contributed by atoms with van der Waals surface area (Å²) < 4.78 is 41.3. The van der Waals surface area contributed by atoms with E-state index in [9.17, 15) is 18.0 Å². The van der Waals surface area contributed by atoms with Crippen LogP contribution in [-0.4, -0.2) is 24.7 Å². The van der Waals surface area contributed by atoms with E-state index in [1.807, 2.05) is 30.3 Å². The monoisotopic (exact) mass is 364 g/mol. The van der Waals surface area contributed by atoms with Gasteiger partial charge in [0.05, 0.1) is 0 Å². The van der Waals surface area contributed by atoms with Crippen molar-refractivity contribution < 1.29 is 22.7 Å². The number of nitrogens with one attached hydrogen (secondary N) is 2. The molecule has 0 unspecified atom stereocenters. The van der Waals surface area contributed by atoms with Crippen LogP contribution >= 0.6 is 0 Å². The van der Waals surface area contributed by atoms with Crippen molar-refractivity contribution in [1.82, 2.24) is 5.32 Å². The summed E-state index contributed by atoms with van der Waals surface area (Å²) in [7, 11) is 0. The van der Waals surface area contributed by atoms with Crippen molar-refractivity contribution in [3.63, 3.8) is 0 Å². The highest BCUT2D eigenvalue weighted by Gasteiger charge is 2.29. The first kappa shape index (κ1) is 18.1. The molecular formula is C19H19F3N2O2. The standard InChI is InChI=1S/C19H19F3N2O2/c20-19(21,22)12-26-16-10-8-14(9-11-16)23-17(13-4-2-1-3-5-13)18(25)24-15-6-7-15/h1-5,8-11,15,17,23H,6-7,12H2,(H,24,25)/t17-/m0/s1. The molecule has 26 heavy (non-hydrogen) atoms. The van der Waals surface area contributed by atoms with E-state index < -0.39 is 18.8 Å². The number of rotatable bonds is 7. The van der Waals surface area contributed by atoms with Crippen molar-refractivity contribution in [3.8, 4) is 5.75 Å². The second kappa shape index (κ2) is 7.68. The Morgan fingerprint density at radius 2 is 1.73 bits per heavy atom. The molecule has 0 aromatic heterocycles. The van der Waals surface area contributed by atoms with Crippen LogP contribution in [0.15, 0.2) is 54.6 Å². The molecule has 1 amide bonds. The number of anilines is 1. The topological polar surface area (TPSA) is 50.4 Å². The van der Waals surface area contributed by atoms with Crippen LogP contribution in [0.4, 0.5) is 18.9 Å². The summed E-state index contributed by atoms with van der Waals surface area (Å²) in [6, 6.07) is 15.0. The van der Waals surface area contributed by atoms with Gasteiger partial charge in [-0.25, -0.2) is 0 Å². The fourth-order valence-electron chi connectivity index (χ4n) is 2.44. The Morgan fingerprint density at radius 1 is 1.08 bits per heavy atom. The van der Waals surface area contributed by atoms with Crippen LogP contribution in [0, 0.1) is 0 Å². The van der Waals surface area contributed by atoms with Crippen molar-refractivity contribution in [2.75, 3.05) is 11.9 Å². The quantitative estimate of drug-likeness (QED) is 0.779. The lowest BCUT2D eigenvalue weighted by Crippen LogP contribution is -2.34. The minimum Gasteiger partial charge on any atom is -0.484 e. The first-order valence-electron chi connectivity index (χ1n) is 8.32. The van der Waals surface area contributed by atoms with E-state index in [4.69, 9.17) is 4.74 Å². The molecule has 4 nitrogen and oxygen atoms in total. The van der Waals surface area contributed by atoms with E-state index in [1.54, 1.807) is 12.1 Å². The molecule has 138 valence electrons. The minimum atomic E-state index is -4.38. The Balaban J connectivity index is 1.69. The van der Waals surface area contributed by atoms with Gasteiger partial charge >= 0.3 is 6.18 Å². The number of halogens is 3. The fraction of sp³-hybridized carbons (Fsp3) is 0.316. The molecule has 0 spiro atoms. The highest BCUT2D eigenvalue weighted by molar-refractivity contribution is 5.86. The van der Waals surface area contributed by atoms with Gasteiger partial charge in [0.1, 0.15) is 11.8 Å². The third kappa shape index (κ3) is 5.40. The number of amides is 1. The number of ether oxygens (including phenoxy) is 1. The summed E-state index contributed by atoms with van der Waals surface area (Å²) in [5.41, 5.74) is 1.42. The van der Waals surface area contributed by atoms with Crippen LogP contribution in [-0.2, 0) is 4.79 Å². The molecule has 0 aliphatic heterocycles. The van der Waals surface area contributed by atoms with Crippen LogP contribution in [0.1, 0.15) is 24.4 Å². The second-order valence-electron chi connectivity index (χ2n) is 6.20. The summed E-state index contributed by atoms with van der Waals surface area (Å²) in [4.78, 5) is 12.6. The van der Waals surface area contributed by atoms with E-state index >= 15 is 0 Å². The molecule has 0 bridgehead atoms. The Hall–Kier alpha value is -2.70. The number of carbonyl (C=O) groups is 1. The smallest absolute Gasteiger partial charge is 0.422 e. The fourth-order valence-corrected chi connectivity index (χ4v) is 2.44. The van der Waals surface area contributed by atoms with Gasteiger partial charge in [0.15, 0.2) is 6.61 Å². The average Bonchev–Trinajstić information content (AvgIpc) is 3.43. The number of alkyl halides is 3. The molecule has 1 saturated carbocycles. The molecule has 1 atom stereocenters. The summed E-state index contributed by atoms with van der Waals surface area (Å²) in [5.74, 6) is -0.0114. The van der Waals surface area contributed by atoms with E-state index in [0.29, 0.717) is 5.69 Å². The molecule has 2 aromatic carbocycles. The molecular weight excluding hydrogens is 345 g/mol. The van der Waals surface area contributed by atoms with Crippen molar-refractivity contribution >= 4 is 11.6 Å². The van der Waals surface area contributed by atoms with Gasteiger partial charge in [-0.2, -0.15) is 13.2 Å². The third-order valence-corrected chi connectivity index (χ3v) is 3.89. The summed E-state index contributed by atoms with van der Waals surface area (Å²) >= 11 is 0. The van der Waals surface area contributed by atoms with Gasteiger partial charge in [-0.15, -0.1) is 0 Å². The van der Waals surface area contributed by atoms with Crippen molar-refractivity contribution in [1.29, 1.82) is 0 Å². The van der Waals surface area contributed by atoms with Crippen LogP contribution in [0.3, 0.4) is 0 Å². The molecule has 2 aromatic rings. The predicted molar refractivity (Wildman–Crippen MR) is 92.0 cm³/mol. The number of hydrogen-bond acceptors (Lipinski definition) is 3. The Morgan fingerprint density at radius 3 is 2.31 bits per heavy atom. The molecule has 0 radical (unpaired) electrons. The molecule has 1 aliphatic rings. The van der Waals surface area contributed by atoms with E-state index in [1.165, 1.54) is 12.1 Å². The Kier molecular flexibility index (Phi) is 5.35. The molecule has 7 heteroatoms. The molecule has 3 rings (SSSR count). The summed E-state index contributed by atoms with van der Waals surface area (Å²) in [5, 5.41) is 6.11. The SMILES string of the molecule is O=C(NC1CC1)[C@@H](Nc1ccc(OCC(F)(F)F)cc1)c1ccccc1. The van der Waals surface area contributed by atoms with Gasteiger partial charge < -0.3 is 15.4 Å². The van der Waals surface area contributed by atoms with Gasteiger partial charge in [-0.3, -0.25) is 4.79 Å². The lowest BCUT2D eigenvalue weighted by molar-refractivity contribution is -0.153. The maximum absolute atomic E-state index is 12.6. The lowest BCUT2D eigenvalue weighted by atomic mass is 10.1. The zero-order valence-electron chi connectivity index (χ0n) is 13.9. The predicted octanol–water partition coefficient (Wildman–Crippen LogP) is 4.06.